The first-order valence-corrected chi connectivity index (χ1v) is 5.41. The Morgan fingerprint density at radius 2 is 2.38 bits per heavy atom. The van der Waals surface area contributed by atoms with Gasteiger partial charge in [0.1, 0.15) is 0 Å². The number of rotatable bonds is 3. The summed E-state index contributed by atoms with van der Waals surface area (Å²) in [6, 6.07) is 0.00343. The average Bonchev–Trinajstić information content (AvgIpc) is 2.31. The highest BCUT2D eigenvalue weighted by Crippen LogP contribution is 2.33. The lowest BCUT2D eigenvalue weighted by Crippen LogP contribution is -2.09. The molecular formula is C10H14ClNS. The highest BCUT2D eigenvalue weighted by molar-refractivity contribution is 7.10. The van der Waals surface area contributed by atoms with E-state index in [-0.39, 0.29) is 6.04 Å². The topological polar surface area (TPSA) is 26.0 Å². The van der Waals surface area contributed by atoms with Crippen molar-refractivity contribution in [3.63, 3.8) is 0 Å². The number of hydrogen-bond donors (Lipinski definition) is 1. The maximum Gasteiger partial charge on any atom is 0.0590 e. The molecule has 1 heterocycles. The van der Waals surface area contributed by atoms with Gasteiger partial charge in [0.2, 0.25) is 0 Å². The highest BCUT2D eigenvalue weighted by Gasteiger charge is 2.13. The Kier molecular flexibility index (Phi) is 3.54. The molecule has 1 aromatic heterocycles. The molecule has 3 heteroatoms. The normalized spacial score (nSPS) is 12.9. The fourth-order valence-corrected chi connectivity index (χ4v) is 2.51. The van der Waals surface area contributed by atoms with Crippen LogP contribution in [0.1, 0.15) is 29.8 Å². The molecule has 0 saturated carbocycles. The van der Waals surface area contributed by atoms with E-state index in [1.165, 1.54) is 0 Å². The van der Waals surface area contributed by atoms with E-state index in [0.717, 1.165) is 27.5 Å². The summed E-state index contributed by atoms with van der Waals surface area (Å²) in [4.78, 5) is 1.07. The molecule has 0 radical (unpaired) electrons. The van der Waals surface area contributed by atoms with Crippen molar-refractivity contribution in [1.29, 1.82) is 0 Å². The predicted molar refractivity (Wildman–Crippen MR) is 60.4 cm³/mol. The second-order valence-corrected chi connectivity index (χ2v) is 4.65. The minimum absolute atomic E-state index is 0.00343. The minimum Gasteiger partial charge on any atom is -0.323 e. The molecule has 13 heavy (non-hydrogen) atoms. The van der Waals surface area contributed by atoms with Crippen LogP contribution >= 0.6 is 22.9 Å². The molecule has 1 unspecified atom stereocenters. The van der Waals surface area contributed by atoms with Crippen LogP contribution in [-0.4, -0.2) is 0 Å². The van der Waals surface area contributed by atoms with Gasteiger partial charge in [0.05, 0.1) is 5.02 Å². The van der Waals surface area contributed by atoms with E-state index in [1.807, 2.05) is 19.2 Å². The lowest BCUT2D eigenvalue weighted by atomic mass is 10.1. The van der Waals surface area contributed by atoms with Crippen molar-refractivity contribution in [3.05, 3.63) is 33.0 Å². The van der Waals surface area contributed by atoms with Crippen molar-refractivity contribution in [1.82, 2.24) is 0 Å². The minimum atomic E-state index is 0.00343. The molecular weight excluding hydrogens is 202 g/mol. The second kappa shape index (κ2) is 4.27. The first-order chi connectivity index (χ1) is 6.02. The molecule has 0 aliphatic heterocycles. The highest BCUT2D eigenvalue weighted by atomic mass is 35.5. The summed E-state index contributed by atoms with van der Waals surface area (Å²) in [5, 5.41) is 2.86. The van der Waals surface area contributed by atoms with E-state index in [0.29, 0.717) is 0 Å². The van der Waals surface area contributed by atoms with Crippen molar-refractivity contribution < 1.29 is 0 Å². The summed E-state index contributed by atoms with van der Waals surface area (Å²) in [5.74, 6) is 0. The van der Waals surface area contributed by atoms with E-state index in [2.05, 4.69) is 6.58 Å². The van der Waals surface area contributed by atoms with Crippen LogP contribution in [0.25, 0.3) is 0 Å². The Morgan fingerprint density at radius 3 is 2.77 bits per heavy atom. The standard InChI is InChI=1S/C10H14ClNS/c1-6(2)4-8(12)10-9(11)7(3)5-13-10/h5,8H,1,4,12H2,2-3H3. The SMILES string of the molecule is C=C(C)CC(N)c1scc(C)c1Cl. The Hall–Kier alpha value is -0.310. The fraction of sp³-hybridized carbons (Fsp3) is 0.400. The summed E-state index contributed by atoms with van der Waals surface area (Å²) in [6.07, 6.45) is 0.805. The van der Waals surface area contributed by atoms with Crippen LogP contribution in [0.3, 0.4) is 0 Å². The number of thiophene rings is 1. The Balaban J connectivity index is 2.82. The van der Waals surface area contributed by atoms with Gasteiger partial charge in [-0.15, -0.1) is 17.9 Å². The van der Waals surface area contributed by atoms with Crippen LogP contribution in [0.2, 0.25) is 5.02 Å². The van der Waals surface area contributed by atoms with Crippen molar-refractivity contribution in [2.24, 2.45) is 5.73 Å². The Morgan fingerprint density at radius 1 is 1.77 bits per heavy atom. The first kappa shape index (κ1) is 10.8. The number of halogens is 1. The van der Waals surface area contributed by atoms with E-state index in [1.54, 1.807) is 11.3 Å². The van der Waals surface area contributed by atoms with Crippen LogP contribution in [0.5, 0.6) is 0 Å². The Labute approximate surface area is 88.2 Å². The van der Waals surface area contributed by atoms with Crippen LogP contribution < -0.4 is 5.73 Å². The van der Waals surface area contributed by atoms with Gasteiger partial charge in [-0.05, 0) is 31.2 Å². The predicted octanol–water partition coefficient (Wildman–Crippen LogP) is 3.68. The number of nitrogens with two attached hydrogens (primary N) is 1. The van der Waals surface area contributed by atoms with Crippen molar-refractivity contribution in [2.45, 2.75) is 26.3 Å². The lowest BCUT2D eigenvalue weighted by Gasteiger charge is -2.09. The summed E-state index contributed by atoms with van der Waals surface area (Å²) < 4.78 is 0. The first-order valence-electron chi connectivity index (χ1n) is 4.15. The van der Waals surface area contributed by atoms with Gasteiger partial charge in [0.25, 0.3) is 0 Å². The molecule has 0 amide bonds. The third-order valence-corrected chi connectivity index (χ3v) is 3.68. The van der Waals surface area contributed by atoms with Crippen molar-refractivity contribution >= 4 is 22.9 Å². The third-order valence-electron chi connectivity index (χ3n) is 1.83. The maximum absolute atomic E-state index is 6.09. The van der Waals surface area contributed by atoms with Gasteiger partial charge in [-0.1, -0.05) is 17.2 Å². The molecule has 1 atom stereocenters. The zero-order valence-electron chi connectivity index (χ0n) is 7.93. The summed E-state index contributed by atoms with van der Waals surface area (Å²) in [6.45, 7) is 7.81. The quantitative estimate of drug-likeness (QED) is 0.765. The molecule has 0 spiro atoms. The van der Waals surface area contributed by atoms with Gasteiger partial charge in [-0.2, -0.15) is 0 Å². The van der Waals surface area contributed by atoms with Gasteiger partial charge < -0.3 is 5.73 Å². The summed E-state index contributed by atoms with van der Waals surface area (Å²) in [5.41, 5.74) is 8.18. The molecule has 0 fully saturated rings. The molecule has 1 aromatic rings. The summed E-state index contributed by atoms with van der Waals surface area (Å²) >= 11 is 7.72. The molecule has 2 N–H and O–H groups in total. The summed E-state index contributed by atoms with van der Waals surface area (Å²) in [7, 11) is 0. The van der Waals surface area contributed by atoms with Crippen LogP contribution in [0, 0.1) is 6.92 Å². The van der Waals surface area contributed by atoms with Crippen molar-refractivity contribution in [2.75, 3.05) is 0 Å². The number of hydrogen-bond acceptors (Lipinski definition) is 2. The lowest BCUT2D eigenvalue weighted by molar-refractivity contribution is 0.731. The molecule has 0 aliphatic carbocycles. The van der Waals surface area contributed by atoms with Gasteiger partial charge in [0, 0.05) is 10.9 Å². The van der Waals surface area contributed by atoms with Gasteiger partial charge in [-0.3, -0.25) is 0 Å². The van der Waals surface area contributed by atoms with E-state index >= 15 is 0 Å². The van der Waals surface area contributed by atoms with Crippen molar-refractivity contribution in [3.8, 4) is 0 Å². The molecule has 72 valence electrons. The zero-order valence-corrected chi connectivity index (χ0v) is 9.50. The maximum atomic E-state index is 6.09. The van der Waals surface area contributed by atoms with E-state index < -0.39 is 0 Å². The fourth-order valence-electron chi connectivity index (χ4n) is 1.17. The second-order valence-electron chi connectivity index (χ2n) is 3.36. The van der Waals surface area contributed by atoms with Crippen LogP contribution in [-0.2, 0) is 0 Å². The van der Waals surface area contributed by atoms with E-state index in [4.69, 9.17) is 17.3 Å². The largest absolute Gasteiger partial charge is 0.323 e. The molecule has 0 bridgehead atoms. The smallest absolute Gasteiger partial charge is 0.0590 e. The van der Waals surface area contributed by atoms with Crippen LogP contribution in [0.15, 0.2) is 17.5 Å². The monoisotopic (exact) mass is 215 g/mol. The third kappa shape index (κ3) is 2.56. The van der Waals surface area contributed by atoms with Crippen LogP contribution in [0.4, 0.5) is 0 Å². The molecule has 0 aromatic carbocycles. The van der Waals surface area contributed by atoms with Gasteiger partial charge in [-0.25, -0.2) is 0 Å². The number of aryl methyl sites for hydroxylation is 1. The molecule has 1 nitrogen and oxygen atoms in total. The molecule has 1 rings (SSSR count). The zero-order chi connectivity index (χ0) is 10.0. The van der Waals surface area contributed by atoms with Gasteiger partial charge >= 0.3 is 0 Å². The van der Waals surface area contributed by atoms with Gasteiger partial charge in [0.15, 0.2) is 0 Å². The average molecular weight is 216 g/mol. The Bertz CT molecular complexity index is 317. The molecule has 0 saturated heterocycles. The van der Waals surface area contributed by atoms with E-state index in [9.17, 15) is 0 Å². The molecule has 0 aliphatic rings.